The summed E-state index contributed by atoms with van der Waals surface area (Å²) in [7, 11) is 0. The topological polar surface area (TPSA) is 49.4 Å². The average molecular weight is 316 g/mol. The Bertz CT molecular complexity index is 521. The van der Waals surface area contributed by atoms with E-state index < -0.39 is 0 Å². The number of benzene rings is 1. The van der Waals surface area contributed by atoms with Gasteiger partial charge in [-0.1, -0.05) is 40.2 Å². The second-order valence-electron chi connectivity index (χ2n) is 6.12. The third-order valence-corrected chi connectivity index (χ3v) is 3.49. The molecule has 0 bridgehead atoms. The summed E-state index contributed by atoms with van der Waals surface area (Å²) in [6.07, 6.45) is 4.52. The standard InChI is InChI=1S/C19H28N2O2/c1-5-7-8-13-21(14-15(3)4)19(23)16-9-11-17(12-10-16)20-18(22)6-2/h6,9-12,15H,2,5,7-8,13-14H2,1,3-4H3,(H,20,22). The highest BCUT2D eigenvalue weighted by atomic mass is 16.2. The van der Waals surface area contributed by atoms with Crippen molar-refractivity contribution in [2.45, 2.75) is 40.0 Å². The van der Waals surface area contributed by atoms with Gasteiger partial charge in [0.2, 0.25) is 5.91 Å². The Hall–Kier alpha value is -2.10. The molecular weight excluding hydrogens is 288 g/mol. The van der Waals surface area contributed by atoms with Gasteiger partial charge in [-0.05, 0) is 42.7 Å². The van der Waals surface area contributed by atoms with Crippen LogP contribution in [-0.4, -0.2) is 29.8 Å². The molecule has 0 saturated heterocycles. The van der Waals surface area contributed by atoms with E-state index in [0.717, 1.165) is 32.4 Å². The summed E-state index contributed by atoms with van der Waals surface area (Å²) in [5, 5.41) is 2.68. The van der Waals surface area contributed by atoms with Crippen molar-refractivity contribution in [2.75, 3.05) is 18.4 Å². The van der Waals surface area contributed by atoms with Crippen LogP contribution >= 0.6 is 0 Å². The van der Waals surface area contributed by atoms with E-state index in [1.54, 1.807) is 24.3 Å². The normalized spacial score (nSPS) is 10.4. The van der Waals surface area contributed by atoms with Crippen LogP contribution in [0.25, 0.3) is 0 Å². The van der Waals surface area contributed by atoms with E-state index in [1.165, 1.54) is 6.08 Å². The summed E-state index contributed by atoms with van der Waals surface area (Å²) in [6, 6.07) is 7.00. The van der Waals surface area contributed by atoms with E-state index in [-0.39, 0.29) is 11.8 Å². The van der Waals surface area contributed by atoms with Crippen molar-refractivity contribution in [3.05, 3.63) is 42.5 Å². The van der Waals surface area contributed by atoms with Gasteiger partial charge >= 0.3 is 0 Å². The van der Waals surface area contributed by atoms with Crippen LogP contribution < -0.4 is 5.32 Å². The number of hydrogen-bond donors (Lipinski definition) is 1. The first-order chi connectivity index (χ1) is 11.0. The molecule has 126 valence electrons. The first kappa shape index (κ1) is 18.9. The van der Waals surface area contributed by atoms with Gasteiger partial charge in [-0.3, -0.25) is 9.59 Å². The zero-order chi connectivity index (χ0) is 17.2. The summed E-state index contributed by atoms with van der Waals surface area (Å²) < 4.78 is 0. The largest absolute Gasteiger partial charge is 0.338 e. The maximum absolute atomic E-state index is 12.7. The van der Waals surface area contributed by atoms with E-state index >= 15 is 0 Å². The van der Waals surface area contributed by atoms with E-state index in [1.807, 2.05) is 4.90 Å². The van der Waals surface area contributed by atoms with Gasteiger partial charge in [0, 0.05) is 24.3 Å². The van der Waals surface area contributed by atoms with Crippen LogP contribution in [0.4, 0.5) is 5.69 Å². The highest BCUT2D eigenvalue weighted by molar-refractivity contribution is 5.99. The van der Waals surface area contributed by atoms with Crippen LogP contribution in [-0.2, 0) is 4.79 Å². The van der Waals surface area contributed by atoms with E-state index in [0.29, 0.717) is 17.2 Å². The third-order valence-electron chi connectivity index (χ3n) is 3.49. The average Bonchev–Trinajstić information content (AvgIpc) is 2.53. The maximum atomic E-state index is 12.7. The lowest BCUT2D eigenvalue weighted by Crippen LogP contribution is -2.35. The minimum Gasteiger partial charge on any atom is -0.338 e. The molecule has 0 fully saturated rings. The Morgan fingerprint density at radius 3 is 2.39 bits per heavy atom. The lowest BCUT2D eigenvalue weighted by atomic mass is 10.1. The van der Waals surface area contributed by atoms with Crippen molar-refractivity contribution in [1.82, 2.24) is 4.90 Å². The van der Waals surface area contributed by atoms with Gasteiger partial charge in [-0.2, -0.15) is 0 Å². The molecule has 0 saturated carbocycles. The molecule has 0 spiro atoms. The molecule has 0 aliphatic rings. The third kappa shape index (κ3) is 6.68. The minimum absolute atomic E-state index is 0.0522. The molecule has 23 heavy (non-hydrogen) atoms. The van der Waals surface area contributed by atoms with Crippen molar-refractivity contribution in [3.63, 3.8) is 0 Å². The van der Waals surface area contributed by atoms with Crippen molar-refractivity contribution >= 4 is 17.5 Å². The van der Waals surface area contributed by atoms with Gasteiger partial charge in [0.1, 0.15) is 0 Å². The smallest absolute Gasteiger partial charge is 0.253 e. The van der Waals surface area contributed by atoms with Crippen molar-refractivity contribution < 1.29 is 9.59 Å². The maximum Gasteiger partial charge on any atom is 0.253 e. The molecule has 2 amide bonds. The zero-order valence-corrected chi connectivity index (χ0v) is 14.5. The van der Waals surface area contributed by atoms with Gasteiger partial charge in [-0.25, -0.2) is 0 Å². The predicted octanol–water partition coefficient (Wildman–Crippen LogP) is 4.10. The summed E-state index contributed by atoms with van der Waals surface area (Å²) in [5.74, 6) is 0.230. The molecule has 0 unspecified atom stereocenters. The summed E-state index contributed by atoms with van der Waals surface area (Å²) >= 11 is 0. The molecule has 0 aliphatic carbocycles. The number of nitrogens with one attached hydrogen (secondary N) is 1. The van der Waals surface area contributed by atoms with Crippen molar-refractivity contribution in [3.8, 4) is 0 Å². The molecule has 0 radical (unpaired) electrons. The number of carbonyl (C=O) groups is 2. The van der Waals surface area contributed by atoms with Crippen LogP contribution in [0.1, 0.15) is 50.4 Å². The number of amides is 2. The Balaban J connectivity index is 2.77. The summed E-state index contributed by atoms with van der Waals surface area (Å²) in [5.41, 5.74) is 1.31. The van der Waals surface area contributed by atoms with Gasteiger partial charge in [-0.15, -0.1) is 0 Å². The van der Waals surface area contributed by atoms with E-state index in [2.05, 4.69) is 32.7 Å². The Labute approximate surface area is 139 Å². The summed E-state index contributed by atoms with van der Waals surface area (Å²) in [6.45, 7) is 11.4. The molecule has 4 nitrogen and oxygen atoms in total. The first-order valence-electron chi connectivity index (χ1n) is 8.30. The fraction of sp³-hybridized carbons (Fsp3) is 0.474. The Kier molecular flexibility index (Phi) is 8.09. The fourth-order valence-corrected chi connectivity index (χ4v) is 2.34. The fourth-order valence-electron chi connectivity index (χ4n) is 2.34. The monoisotopic (exact) mass is 316 g/mol. The molecule has 1 rings (SSSR count). The van der Waals surface area contributed by atoms with Gasteiger partial charge < -0.3 is 10.2 Å². The molecular formula is C19H28N2O2. The SMILES string of the molecule is C=CC(=O)Nc1ccc(C(=O)N(CCCCC)CC(C)C)cc1. The number of carbonyl (C=O) groups excluding carboxylic acids is 2. The lowest BCUT2D eigenvalue weighted by molar-refractivity contribution is -0.111. The van der Waals surface area contributed by atoms with Crippen LogP contribution in [0.5, 0.6) is 0 Å². The lowest BCUT2D eigenvalue weighted by Gasteiger charge is -2.25. The van der Waals surface area contributed by atoms with Gasteiger partial charge in [0.25, 0.3) is 5.91 Å². The number of rotatable bonds is 9. The summed E-state index contributed by atoms with van der Waals surface area (Å²) in [4.78, 5) is 25.9. The molecule has 0 heterocycles. The van der Waals surface area contributed by atoms with Gasteiger partial charge in [0.15, 0.2) is 0 Å². The van der Waals surface area contributed by atoms with Crippen molar-refractivity contribution in [2.24, 2.45) is 5.92 Å². The second-order valence-corrected chi connectivity index (χ2v) is 6.12. The predicted molar refractivity (Wildman–Crippen MR) is 95.5 cm³/mol. The molecule has 1 N–H and O–H groups in total. The van der Waals surface area contributed by atoms with Crippen LogP contribution in [0.15, 0.2) is 36.9 Å². The van der Waals surface area contributed by atoms with Crippen LogP contribution in [0.3, 0.4) is 0 Å². The Morgan fingerprint density at radius 2 is 1.87 bits per heavy atom. The highest BCUT2D eigenvalue weighted by Crippen LogP contribution is 2.14. The zero-order valence-electron chi connectivity index (χ0n) is 14.5. The number of hydrogen-bond acceptors (Lipinski definition) is 2. The minimum atomic E-state index is -0.259. The highest BCUT2D eigenvalue weighted by Gasteiger charge is 2.16. The molecule has 1 aromatic carbocycles. The van der Waals surface area contributed by atoms with E-state index in [9.17, 15) is 9.59 Å². The van der Waals surface area contributed by atoms with Crippen molar-refractivity contribution in [1.29, 1.82) is 0 Å². The molecule has 0 aromatic heterocycles. The number of unbranched alkanes of at least 4 members (excludes halogenated alkanes) is 2. The number of nitrogens with zero attached hydrogens (tertiary/aromatic N) is 1. The molecule has 4 heteroatoms. The first-order valence-corrected chi connectivity index (χ1v) is 8.30. The van der Waals surface area contributed by atoms with Gasteiger partial charge in [0.05, 0.1) is 0 Å². The number of anilines is 1. The Morgan fingerprint density at radius 1 is 1.22 bits per heavy atom. The van der Waals surface area contributed by atoms with Crippen LogP contribution in [0, 0.1) is 5.92 Å². The van der Waals surface area contributed by atoms with E-state index in [4.69, 9.17) is 0 Å². The second kappa shape index (κ2) is 9.82. The van der Waals surface area contributed by atoms with Crippen LogP contribution in [0.2, 0.25) is 0 Å². The molecule has 0 aliphatic heterocycles. The molecule has 0 atom stereocenters. The molecule has 1 aromatic rings. The quantitative estimate of drug-likeness (QED) is 0.551.